The molecular weight excluding hydrogens is 495 g/mol. The molecule has 3 heterocycles. The zero-order valence-electron chi connectivity index (χ0n) is 18.0. The molecule has 1 amide bonds. The molecule has 0 spiro atoms. The first kappa shape index (κ1) is 24.3. The van der Waals surface area contributed by atoms with Crippen LogP contribution in [0.4, 0.5) is 0 Å². The van der Waals surface area contributed by atoms with Crippen LogP contribution in [0.2, 0.25) is 0 Å². The first-order valence-electron chi connectivity index (χ1n) is 10.4. The molecule has 2 N–H and O–H groups in total. The van der Waals surface area contributed by atoms with Crippen LogP contribution < -0.4 is 10.6 Å². The van der Waals surface area contributed by atoms with Crippen molar-refractivity contribution >= 4 is 41.5 Å². The number of aliphatic imine (C=N–C) groups is 1. The number of aromatic nitrogens is 3. The number of pyridine rings is 1. The van der Waals surface area contributed by atoms with E-state index in [9.17, 15) is 4.79 Å². The zero-order valence-corrected chi connectivity index (χ0v) is 20.4. The second-order valence-corrected chi connectivity index (χ2v) is 7.45. The average molecular weight is 528 g/mol. The van der Waals surface area contributed by atoms with Crippen LogP contribution in [0.15, 0.2) is 29.4 Å². The monoisotopic (exact) mass is 528 g/mol. The van der Waals surface area contributed by atoms with Gasteiger partial charge in [0.15, 0.2) is 17.4 Å². The summed E-state index contributed by atoms with van der Waals surface area (Å²) in [7, 11) is 3.66. The Morgan fingerprint density at radius 2 is 2.13 bits per heavy atom. The van der Waals surface area contributed by atoms with E-state index in [4.69, 9.17) is 0 Å². The van der Waals surface area contributed by atoms with Gasteiger partial charge in [0.25, 0.3) is 0 Å². The number of nitrogens with zero attached hydrogens (tertiary/aromatic N) is 6. The van der Waals surface area contributed by atoms with E-state index in [1.807, 2.05) is 49.8 Å². The van der Waals surface area contributed by atoms with Gasteiger partial charge in [-0.15, -0.1) is 34.2 Å². The SMILES string of the molecule is CCNC(=NCc1nnc2ccccn12)NCCCN1CCCC1C(=O)N(C)C.I. The van der Waals surface area contributed by atoms with E-state index in [-0.39, 0.29) is 35.9 Å². The molecule has 1 unspecified atom stereocenters. The fraction of sp³-hybridized carbons (Fsp3) is 0.600. The molecule has 0 bridgehead atoms. The van der Waals surface area contributed by atoms with Crippen molar-refractivity contribution in [2.45, 2.75) is 38.8 Å². The lowest BCUT2D eigenvalue weighted by Gasteiger charge is -2.26. The maximum atomic E-state index is 12.3. The molecule has 1 atom stereocenters. The van der Waals surface area contributed by atoms with Crippen LogP contribution in [-0.4, -0.2) is 82.6 Å². The number of halogens is 1. The Hall–Kier alpha value is -1.95. The minimum atomic E-state index is 0. The summed E-state index contributed by atoms with van der Waals surface area (Å²) in [5.74, 6) is 1.79. The first-order chi connectivity index (χ1) is 14.1. The quantitative estimate of drug-likeness (QED) is 0.233. The molecule has 3 rings (SSSR count). The number of carbonyl (C=O) groups is 1. The number of guanidine groups is 1. The first-order valence-corrected chi connectivity index (χ1v) is 10.4. The Morgan fingerprint density at radius 3 is 2.90 bits per heavy atom. The summed E-state index contributed by atoms with van der Waals surface area (Å²) >= 11 is 0. The molecule has 1 fully saturated rings. The smallest absolute Gasteiger partial charge is 0.239 e. The van der Waals surface area contributed by atoms with Crippen LogP contribution in [0.5, 0.6) is 0 Å². The number of amides is 1. The lowest BCUT2D eigenvalue weighted by atomic mass is 10.2. The minimum absolute atomic E-state index is 0. The maximum absolute atomic E-state index is 12.3. The summed E-state index contributed by atoms with van der Waals surface area (Å²) in [5, 5.41) is 15.0. The van der Waals surface area contributed by atoms with Crippen molar-refractivity contribution in [2.24, 2.45) is 4.99 Å². The van der Waals surface area contributed by atoms with Crippen LogP contribution in [0.3, 0.4) is 0 Å². The van der Waals surface area contributed by atoms with Crippen LogP contribution in [0.25, 0.3) is 5.65 Å². The van der Waals surface area contributed by atoms with Crippen LogP contribution in [0.1, 0.15) is 32.0 Å². The number of carbonyl (C=O) groups excluding carboxylic acids is 1. The number of rotatable bonds is 8. The lowest BCUT2D eigenvalue weighted by molar-refractivity contribution is -0.133. The van der Waals surface area contributed by atoms with Gasteiger partial charge < -0.3 is 15.5 Å². The van der Waals surface area contributed by atoms with E-state index in [2.05, 4.69) is 30.7 Å². The van der Waals surface area contributed by atoms with E-state index in [0.29, 0.717) is 6.54 Å². The van der Waals surface area contributed by atoms with Gasteiger partial charge in [-0.05, 0) is 44.9 Å². The Morgan fingerprint density at radius 1 is 1.30 bits per heavy atom. The molecule has 1 saturated heterocycles. The van der Waals surface area contributed by atoms with Crippen molar-refractivity contribution in [3.8, 4) is 0 Å². The van der Waals surface area contributed by atoms with Crippen LogP contribution in [-0.2, 0) is 11.3 Å². The van der Waals surface area contributed by atoms with Crippen molar-refractivity contribution in [1.82, 2.24) is 35.0 Å². The molecular formula is C20H33IN8O. The molecule has 166 valence electrons. The third-order valence-electron chi connectivity index (χ3n) is 5.11. The van der Waals surface area contributed by atoms with E-state index in [1.165, 1.54) is 0 Å². The second kappa shape index (κ2) is 12.0. The Balaban J connectivity index is 0.00000320. The predicted octanol–water partition coefficient (Wildman–Crippen LogP) is 1.35. The van der Waals surface area contributed by atoms with Crippen molar-refractivity contribution in [3.63, 3.8) is 0 Å². The standard InChI is InChI=1S/C20H32N8O.HI/c1-4-21-20(23-15-18-25-24-17-10-5-6-14-28(17)18)22-11-8-13-27-12-7-9-16(27)19(29)26(2)3;/h5-6,10,14,16H,4,7-9,11-13,15H2,1-3H3,(H2,21,22,23);1H. The highest BCUT2D eigenvalue weighted by atomic mass is 127. The molecule has 9 nitrogen and oxygen atoms in total. The number of nitrogens with one attached hydrogen (secondary N) is 2. The van der Waals surface area contributed by atoms with E-state index < -0.39 is 0 Å². The van der Waals surface area contributed by atoms with Gasteiger partial charge in [-0.25, -0.2) is 4.99 Å². The average Bonchev–Trinajstić information content (AvgIpc) is 3.35. The highest BCUT2D eigenvalue weighted by Crippen LogP contribution is 2.18. The third kappa shape index (κ3) is 6.27. The van der Waals surface area contributed by atoms with Crippen molar-refractivity contribution in [1.29, 1.82) is 0 Å². The zero-order chi connectivity index (χ0) is 20.6. The Bertz CT molecular complexity index is 837. The van der Waals surface area contributed by atoms with Crippen molar-refractivity contribution < 1.29 is 4.79 Å². The Kier molecular flexibility index (Phi) is 9.76. The molecule has 0 radical (unpaired) electrons. The molecule has 1 aliphatic heterocycles. The summed E-state index contributed by atoms with van der Waals surface area (Å²) in [6.07, 6.45) is 4.95. The number of fused-ring (bicyclic) bond motifs is 1. The van der Waals surface area contributed by atoms with Crippen molar-refractivity contribution in [3.05, 3.63) is 30.2 Å². The number of hydrogen-bond donors (Lipinski definition) is 2. The minimum Gasteiger partial charge on any atom is -0.357 e. The lowest BCUT2D eigenvalue weighted by Crippen LogP contribution is -2.44. The molecule has 2 aromatic heterocycles. The summed E-state index contributed by atoms with van der Waals surface area (Å²) < 4.78 is 1.95. The van der Waals surface area contributed by atoms with E-state index >= 15 is 0 Å². The molecule has 1 aliphatic rings. The molecule has 0 aliphatic carbocycles. The second-order valence-electron chi connectivity index (χ2n) is 7.45. The number of likely N-dealkylation sites (N-methyl/N-ethyl adjacent to an activating group) is 1. The van der Waals surface area contributed by atoms with E-state index in [0.717, 1.165) is 62.9 Å². The largest absolute Gasteiger partial charge is 0.357 e. The van der Waals surface area contributed by atoms with Gasteiger partial charge in [0.05, 0.1) is 6.04 Å². The van der Waals surface area contributed by atoms with Gasteiger partial charge >= 0.3 is 0 Å². The fourth-order valence-electron chi connectivity index (χ4n) is 3.65. The van der Waals surface area contributed by atoms with Gasteiger partial charge in [-0.2, -0.15) is 0 Å². The summed E-state index contributed by atoms with van der Waals surface area (Å²) in [4.78, 5) is 20.9. The molecule has 10 heteroatoms. The number of hydrogen-bond acceptors (Lipinski definition) is 5. The summed E-state index contributed by atoms with van der Waals surface area (Å²) in [6.45, 7) is 5.99. The van der Waals surface area contributed by atoms with Crippen LogP contribution >= 0.6 is 24.0 Å². The highest BCUT2D eigenvalue weighted by Gasteiger charge is 2.30. The van der Waals surface area contributed by atoms with Gasteiger partial charge in [-0.1, -0.05) is 6.07 Å². The van der Waals surface area contributed by atoms with Gasteiger partial charge in [0.1, 0.15) is 6.54 Å². The Labute approximate surface area is 195 Å². The normalized spacial score (nSPS) is 17.0. The molecule has 0 aromatic carbocycles. The maximum Gasteiger partial charge on any atom is 0.239 e. The predicted molar refractivity (Wildman–Crippen MR) is 129 cm³/mol. The molecule has 30 heavy (non-hydrogen) atoms. The summed E-state index contributed by atoms with van der Waals surface area (Å²) in [5.41, 5.74) is 0.822. The topological polar surface area (TPSA) is 90.2 Å². The van der Waals surface area contributed by atoms with Crippen molar-refractivity contribution in [2.75, 3.05) is 40.3 Å². The number of likely N-dealkylation sites (tertiary alicyclic amines) is 1. The highest BCUT2D eigenvalue weighted by molar-refractivity contribution is 14.0. The summed E-state index contributed by atoms with van der Waals surface area (Å²) in [6, 6.07) is 5.86. The van der Waals surface area contributed by atoms with E-state index in [1.54, 1.807) is 4.90 Å². The van der Waals surface area contributed by atoms with Gasteiger partial charge in [0, 0.05) is 39.9 Å². The van der Waals surface area contributed by atoms with Gasteiger partial charge in [0.2, 0.25) is 5.91 Å². The fourth-order valence-corrected chi connectivity index (χ4v) is 3.65. The van der Waals surface area contributed by atoms with Crippen LogP contribution in [0, 0.1) is 0 Å². The molecule has 0 saturated carbocycles. The molecule has 2 aromatic rings. The van der Waals surface area contributed by atoms with Gasteiger partial charge in [-0.3, -0.25) is 14.1 Å². The third-order valence-corrected chi connectivity index (χ3v) is 5.11.